The lowest BCUT2D eigenvalue weighted by Crippen LogP contribution is -1.88. The van der Waals surface area contributed by atoms with Gasteiger partial charge in [0.25, 0.3) is 0 Å². The van der Waals surface area contributed by atoms with Crippen LogP contribution in [0.15, 0.2) is 54.6 Å². The van der Waals surface area contributed by atoms with Crippen molar-refractivity contribution in [3.05, 3.63) is 65.8 Å². The molecule has 0 aromatic heterocycles. The minimum atomic E-state index is 1.07. The lowest BCUT2D eigenvalue weighted by molar-refractivity contribution is 1.39. The van der Waals surface area contributed by atoms with Crippen LogP contribution in [0.5, 0.6) is 0 Å². The molecule has 3 rings (SSSR count). The molecule has 0 nitrogen and oxygen atoms in total. The summed E-state index contributed by atoms with van der Waals surface area (Å²) in [7, 11) is 0. The summed E-state index contributed by atoms with van der Waals surface area (Å²) in [6.45, 7) is 2.22. The van der Waals surface area contributed by atoms with Gasteiger partial charge < -0.3 is 0 Å². The molecule has 0 heteroatoms. The van der Waals surface area contributed by atoms with Gasteiger partial charge in [0.05, 0.1) is 0 Å². The molecule has 0 saturated heterocycles. The molecule has 0 bridgehead atoms. The molecule has 0 heterocycles. The molecular formula is C16H14. The lowest BCUT2D eigenvalue weighted by Gasteiger charge is -2.10. The molecule has 2 aromatic carbocycles. The normalized spacial score (nSPS) is 14.4. The van der Waals surface area contributed by atoms with Crippen LogP contribution in [0, 0.1) is 6.92 Å². The standard InChI is InChI=1S/C16H14/c1-12-15-9-5-4-8-14(15)10-11-16(12)13-6-2-3-7-13/h2-6,8-11H,7H2,1H3. The van der Waals surface area contributed by atoms with E-state index in [1.54, 1.807) is 0 Å². The van der Waals surface area contributed by atoms with Crippen LogP contribution in [-0.4, -0.2) is 0 Å². The van der Waals surface area contributed by atoms with E-state index in [4.69, 9.17) is 0 Å². The summed E-state index contributed by atoms with van der Waals surface area (Å²) >= 11 is 0. The van der Waals surface area contributed by atoms with Crippen molar-refractivity contribution in [2.75, 3.05) is 0 Å². The third kappa shape index (κ3) is 1.38. The average molecular weight is 206 g/mol. The Kier molecular flexibility index (Phi) is 2.14. The van der Waals surface area contributed by atoms with Gasteiger partial charge in [-0.2, -0.15) is 0 Å². The van der Waals surface area contributed by atoms with Crippen molar-refractivity contribution in [1.29, 1.82) is 0 Å². The van der Waals surface area contributed by atoms with E-state index >= 15 is 0 Å². The van der Waals surface area contributed by atoms with Gasteiger partial charge in [-0.25, -0.2) is 0 Å². The molecule has 0 spiro atoms. The van der Waals surface area contributed by atoms with Crippen LogP contribution in [0.25, 0.3) is 16.3 Å². The fourth-order valence-electron chi connectivity index (χ4n) is 2.42. The van der Waals surface area contributed by atoms with Crippen LogP contribution in [0.3, 0.4) is 0 Å². The molecule has 0 unspecified atom stereocenters. The van der Waals surface area contributed by atoms with E-state index in [0.717, 1.165) is 6.42 Å². The number of allylic oxidation sites excluding steroid dienone is 4. The highest BCUT2D eigenvalue weighted by molar-refractivity contribution is 5.90. The summed E-state index contributed by atoms with van der Waals surface area (Å²) in [6.07, 6.45) is 7.64. The van der Waals surface area contributed by atoms with Gasteiger partial charge in [0.2, 0.25) is 0 Å². The highest BCUT2D eigenvalue weighted by Gasteiger charge is 2.08. The van der Waals surface area contributed by atoms with Crippen LogP contribution in [0.1, 0.15) is 17.5 Å². The second-order valence-corrected chi connectivity index (χ2v) is 4.28. The van der Waals surface area contributed by atoms with Gasteiger partial charge in [-0.05, 0) is 40.8 Å². The molecule has 0 radical (unpaired) electrons. The summed E-state index contributed by atoms with van der Waals surface area (Å²) in [6, 6.07) is 13.1. The first-order valence-corrected chi connectivity index (χ1v) is 5.71. The molecule has 0 aliphatic heterocycles. The van der Waals surface area contributed by atoms with Crippen molar-refractivity contribution in [2.45, 2.75) is 13.3 Å². The summed E-state index contributed by atoms with van der Waals surface area (Å²) in [4.78, 5) is 0. The number of benzene rings is 2. The van der Waals surface area contributed by atoms with E-state index in [9.17, 15) is 0 Å². The van der Waals surface area contributed by atoms with Crippen LogP contribution in [0.2, 0.25) is 0 Å². The maximum Gasteiger partial charge on any atom is -0.00883 e. The number of fused-ring (bicyclic) bond motifs is 1. The summed E-state index contributed by atoms with van der Waals surface area (Å²) in [5.74, 6) is 0. The predicted molar refractivity (Wildman–Crippen MR) is 70.4 cm³/mol. The van der Waals surface area contributed by atoms with E-state index in [0.29, 0.717) is 0 Å². The Morgan fingerprint density at radius 3 is 2.69 bits per heavy atom. The minimum absolute atomic E-state index is 1.07. The SMILES string of the molecule is Cc1c(C2=CC=CC2)ccc2ccccc12. The molecule has 0 amide bonds. The highest BCUT2D eigenvalue weighted by atomic mass is 14.1. The lowest BCUT2D eigenvalue weighted by atomic mass is 9.95. The number of aryl methyl sites for hydroxylation is 1. The largest absolute Gasteiger partial charge is 0.0801 e. The summed E-state index contributed by atoms with van der Waals surface area (Å²) in [5.41, 5.74) is 4.22. The molecular weight excluding hydrogens is 192 g/mol. The molecule has 1 aliphatic rings. The summed E-state index contributed by atoms with van der Waals surface area (Å²) in [5, 5.41) is 2.70. The molecule has 0 saturated carbocycles. The molecule has 2 aromatic rings. The van der Waals surface area contributed by atoms with Crippen molar-refractivity contribution < 1.29 is 0 Å². The Bertz CT molecular complexity index is 600. The third-order valence-corrected chi connectivity index (χ3v) is 3.32. The predicted octanol–water partition coefficient (Wildman–Crippen LogP) is 4.49. The van der Waals surface area contributed by atoms with E-state index in [-0.39, 0.29) is 0 Å². The Hall–Kier alpha value is -1.82. The Balaban J connectivity index is 2.24. The van der Waals surface area contributed by atoms with Crippen molar-refractivity contribution in [2.24, 2.45) is 0 Å². The molecule has 0 atom stereocenters. The summed E-state index contributed by atoms with van der Waals surface area (Å²) < 4.78 is 0. The topological polar surface area (TPSA) is 0 Å². The van der Waals surface area contributed by atoms with Crippen LogP contribution < -0.4 is 0 Å². The van der Waals surface area contributed by atoms with E-state index in [1.807, 2.05) is 0 Å². The minimum Gasteiger partial charge on any atom is -0.0801 e. The Morgan fingerprint density at radius 2 is 1.88 bits per heavy atom. The van der Waals surface area contributed by atoms with Gasteiger partial charge in [0, 0.05) is 0 Å². The smallest absolute Gasteiger partial charge is 0.00883 e. The fourth-order valence-corrected chi connectivity index (χ4v) is 2.42. The zero-order valence-corrected chi connectivity index (χ0v) is 9.40. The van der Waals surface area contributed by atoms with Gasteiger partial charge in [0.15, 0.2) is 0 Å². The third-order valence-electron chi connectivity index (χ3n) is 3.32. The van der Waals surface area contributed by atoms with Gasteiger partial charge in [-0.3, -0.25) is 0 Å². The maximum absolute atomic E-state index is 2.25. The molecule has 78 valence electrons. The van der Waals surface area contributed by atoms with Gasteiger partial charge in [0.1, 0.15) is 0 Å². The van der Waals surface area contributed by atoms with E-state index in [1.165, 1.54) is 27.5 Å². The zero-order chi connectivity index (χ0) is 11.0. The maximum atomic E-state index is 2.25. The number of rotatable bonds is 1. The fraction of sp³-hybridized carbons (Fsp3) is 0.125. The number of hydrogen-bond acceptors (Lipinski definition) is 0. The van der Waals surface area contributed by atoms with Crippen molar-refractivity contribution in [3.8, 4) is 0 Å². The van der Waals surface area contributed by atoms with E-state index in [2.05, 4.69) is 61.5 Å². The van der Waals surface area contributed by atoms with Gasteiger partial charge in [-0.15, -0.1) is 0 Å². The van der Waals surface area contributed by atoms with Gasteiger partial charge in [-0.1, -0.05) is 54.6 Å². The van der Waals surface area contributed by atoms with Crippen LogP contribution in [-0.2, 0) is 0 Å². The molecule has 0 fully saturated rings. The van der Waals surface area contributed by atoms with Crippen LogP contribution in [0.4, 0.5) is 0 Å². The van der Waals surface area contributed by atoms with Crippen molar-refractivity contribution in [3.63, 3.8) is 0 Å². The molecule has 1 aliphatic carbocycles. The first-order valence-electron chi connectivity index (χ1n) is 5.71. The quantitative estimate of drug-likeness (QED) is 0.644. The van der Waals surface area contributed by atoms with Crippen LogP contribution >= 0.6 is 0 Å². The monoisotopic (exact) mass is 206 g/mol. The molecule has 0 N–H and O–H groups in total. The first kappa shape index (κ1) is 9.41. The average Bonchev–Trinajstić information content (AvgIpc) is 2.83. The highest BCUT2D eigenvalue weighted by Crippen LogP contribution is 2.30. The van der Waals surface area contributed by atoms with E-state index < -0.39 is 0 Å². The van der Waals surface area contributed by atoms with Crippen molar-refractivity contribution >= 4 is 16.3 Å². The molecule has 16 heavy (non-hydrogen) atoms. The Labute approximate surface area is 95.9 Å². The first-order chi connectivity index (χ1) is 7.86. The van der Waals surface area contributed by atoms with Gasteiger partial charge >= 0.3 is 0 Å². The number of hydrogen-bond donors (Lipinski definition) is 0. The van der Waals surface area contributed by atoms with Crippen molar-refractivity contribution in [1.82, 2.24) is 0 Å². The second-order valence-electron chi connectivity index (χ2n) is 4.28. The second kappa shape index (κ2) is 3.64. The Morgan fingerprint density at radius 1 is 1.00 bits per heavy atom. The zero-order valence-electron chi connectivity index (χ0n) is 9.40.